The summed E-state index contributed by atoms with van der Waals surface area (Å²) in [5.74, 6) is -0.277. The quantitative estimate of drug-likeness (QED) is 0.826. The highest BCUT2D eigenvalue weighted by Gasteiger charge is 2.14. The van der Waals surface area contributed by atoms with E-state index in [9.17, 15) is 4.79 Å². The number of nitrogens with zero attached hydrogens (tertiary/aromatic N) is 1. The second-order valence-corrected chi connectivity index (χ2v) is 4.31. The third kappa shape index (κ3) is 4.06. The van der Waals surface area contributed by atoms with Crippen molar-refractivity contribution in [1.82, 2.24) is 4.98 Å². The van der Waals surface area contributed by atoms with Gasteiger partial charge in [0.1, 0.15) is 0 Å². The minimum absolute atomic E-state index is 0.00583. The second-order valence-electron chi connectivity index (χ2n) is 4.31. The van der Waals surface area contributed by atoms with Gasteiger partial charge >= 0.3 is 5.97 Å². The molecule has 94 valence electrons. The van der Waals surface area contributed by atoms with Gasteiger partial charge in [-0.25, -0.2) is 9.78 Å². The van der Waals surface area contributed by atoms with Gasteiger partial charge in [0.2, 0.25) is 0 Å². The number of rotatable bonds is 6. The third-order valence-electron chi connectivity index (χ3n) is 2.50. The van der Waals surface area contributed by atoms with Crippen molar-refractivity contribution in [2.75, 3.05) is 6.61 Å². The molecule has 0 amide bonds. The average molecular weight is 237 g/mol. The first-order chi connectivity index (χ1) is 8.04. The molecule has 1 rings (SSSR count). The molecular weight excluding hydrogens is 218 g/mol. The molecule has 1 aromatic rings. The molecule has 17 heavy (non-hydrogen) atoms. The van der Waals surface area contributed by atoms with Crippen molar-refractivity contribution in [3.63, 3.8) is 0 Å². The predicted molar refractivity (Wildman–Crippen MR) is 65.5 cm³/mol. The molecule has 1 unspecified atom stereocenters. The largest absolute Gasteiger partial charge is 0.491 e. The predicted octanol–water partition coefficient (Wildman–Crippen LogP) is 2.90. The van der Waals surface area contributed by atoms with Crippen molar-refractivity contribution in [3.8, 4) is 5.75 Å². The minimum atomic E-state index is -1.05. The van der Waals surface area contributed by atoms with Crippen LogP contribution in [0.3, 0.4) is 0 Å². The fourth-order valence-corrected chi connectivity index (χ4v) is 1.62. The van der Waals surface area contributed by atoms with Crippen LogP contribution in [-0.2, 0) is 0 Å². The zero-order valence-electron chi connectivity index (χ0n) is 10.6. The van der Waals surface area contributed by atoms with E-state index >= 15 is 0 Å². The van der Waals surface area contributed by atoms with E-state index in [4.69, 9.17) is 9.84 Å². The summed E-state index contributed by atoms with van der Waals surface area (Å²) in [6.07, 6.45) is 2.17. The Bertz CT molecular complexity index is 390. The highest BCUT2D eigenvalue weighted by atomic mass is 16.5. The number of ether oxygens (including phenoxy) is 1. The van der Waals surface area contributed by atoms with Gasteiger partial charge in [-0.15, -0.1) is 0 Å². The van der Waals surface area contributed by atoms with Crippen LogP contribution in [0.25, 0.3) is 0 Å². The maximum atomic E-state index is 11.0. The molecule has 0 aliphatic carbocycles. The number of carboxylic acid groups (broad SMARTS) is 1. The van der Waals surface area contributed by atoms with Crippen LogP contribution in [0.4, 0.5) is 0 Å². The van der Waals surface area contributed by atoms with Gasteiger partial charge in [-0.3, -0.25) is 0 Å². The van der Waals surface area contributed by atoms with Crippen LogP contribution in [-0.4, -0.2) is 22.7 Å². The van der Waals surface area contributed by atoms with E-state index in [0.717, 1.165) is 12.8 Å². The van der Waals surface area contributed by atoms with Crippen molar-refractivity contribution in [1.29, 1.82) is 0 Å². The summed E-state index contributed by atoms with van der Waals surface area (Å²) in [7, 11) is 0. The Morgan fingerprint density at radius 3 is 2.82 bits per heavy atom. The van der Waals surface area contributed by atoms with Gasteiger partial charge in [0, 0.05) is 5.69 Å². The number of hydrogen-bond acceptors (Lipinski definition) is 3. The summed E-state index contributed by atoms with van der Waals surface area (Å²) in [5, 5.41) is 9.02. The molecular formula is C13H19NO3. The van der Waals surface area contributed by atoms with E-state index < -0.39 is 5.97 Å². The Kier molecular flexibility index (Phi) is 4.94. The highest BCUT2D eigenvalue weighted by molar-refractivity contribution is 5.88. The lowest BCUT2D eigenvalue weighted by Gasteiger charge is -2.13. The molecule has 0 radical (unpaired) electrons. The van der Waals surface area contributed by atoms with Crippen LogP contribution >= 0.6 is 0 Å². The van der Waals surface area contributed by atoms with Gasteiger partial charge in [0.05, 0.1) is 6.61 Å². The Balaban J connectivity index is 2.73. The van der Waals surface area contributed by atoms with Crippen molar-refractivity contribution < 1.29 is 14.6 Å². The van der Waals surface area contributed by atoms with Crippen LogP contribution in [0.1, 0.15) is 42.9 Å². The lowest BCUT2D eigenvalue weighted by Crippen LogP contribution is -2.12. The number of hydrogen-bond donors (Lipinski definition) is 1. The molecule has 0 bridgehead atoms. The van der Waals surface area contributed by atoms with E-state index in [-0.39, 0.29) is 5.69 Å². The highest BCUT2D eigenvalue weighted by Crippen LogP contribution is 2.18. The van der Waals surface area contributed by atoms with Gasteiger partial charge in [-0.1, -0.05) is 20.3 Å². The monoisotopic (exact) mass is 237 g/mol. The van der Waals surface area contributed by atoms with Crippen LogP contribution in [0, 0.1) is 12.8 Å². The zero-order chi connectivity index (χ0) is 12.8. The summed E-state index contributed by atoms with van der Waals surface area (Å²) in [5.41, 5.74) is 0.671. The topological polar surface area (TPSA) is 59.4 Å². The first-order valence-electron chi connectivity index (χ1n) is 5.88. The molecule has 1 aromatic heterocycles. The Morgan fingerprint density at radius 1 is 1.53 bits per heavy atom. The number of pyridine rings is 1. The molecule has 1 atom stereocenters. The average Bonchev–Trinajstić information content (AvgIpc) is 2.27. The SMILES string of the molecule is CCCC(C)COc1ccc(C)nc1C(=O)O. The molecule has 0 fully saturated rings. The van der Waals surface area contributed by atoms with Crippen molar-refractivity contribution in [2.24, 2.45) is 5.92 Å². The molecule has 0 aliphatic heterocycles. The standard InChI is InChI=1S/C13H19NO3/c1-4-5-9(2)8-17-11-7-6-10(3)14-12(11)13(15)16/h6-7,9H,4-5,8H2,1-3H3,(H,15,16). The molecule has 1 heterocycles. The van der Waals surface area contributed by atoms with E-state index in [0.29, 0.717) is 24.0 Å². The first kappa shape index (κ1) is 13.5. The summed E-state index contributed by atoms with van der Waals surface area (Å²) in [6.45, 7) is 6.49. The van der Waals surface area contributed by atoms with Crippen LogP contribution in [0.15, 0.2) is 12.1 Å². The third-order valence-corrected chi connectivity index (χ3v) is 2.50. The minimum Gasteiger partial charge on any atom is -0.491 e. The number of aryl methyl sites for hydroxylation is 1. The number of carbonyl (C=O) groups is 1. The van der Waals surface area contributed by atoms with Gasteiger partial charge in [-0.05, 0) is 31.4 Å². The van der Waals surface area contributed by atoms with Crippen molar-refractivity contribution in [2.45, 2.75) is 33.6 Å². The molecule has 0 aliphatic rings. The van der Waals surface area contributed by atoms with Gasteiger partial charge in [0.25, 0.3) is 0 Å². The van der Waals surface area contributed by atoms with Gasteiger partial charge in [0.15, 0.2) is 11.4 Å². The lowest BCUT2D eigenvalue weighted by atomic mass is 10.1. The normalized spacial score (nSPS) is 12.2. The fourth-order valence-electron chi connectivity index (χ4n) is 1.62. The maximum Gasteiger partial charge on any atom is 0.358 e. The van der Waals surface area contributed by atoms with Crippen LogP contribution < -0.4 is 4.74 Å². The maximum absolute atomic E-state index is 11.0. The van der Waals surface area contributed by atoms with Gasteiger partial charge in [-0.2, -0.15) is 0 Å². The Morgan fingerprint density at radius 2 is 2.24 bits per heavy atom. The van der Waals surface area contributed by atoms with E-state index in [1.165, 1.54) is 0 Å². The molecule has 0 spiro atoms. The summed E-state index contributed by atoms with van der Waals surface area (Å²) < 4.78 is 5.52. The summed E-state index contributed by atoms with van der Waals surface area (Å²) in [4.78, 5) is 15.0. The molecule has 4 nitrogen and oxygen atoms in total. The Hall–Kier alpha value is -1.58. The fraction of sp³-hybridized carbons (Fsp3) is 0.538. The molecule has 0 saturated heterocycles. The van der Waals surface area contributed by atoms with E-state index in [1.807, 2.05) is 0 Å². The second kappa shape index (κ2) is 6.23. The Labute approximate surface area is 102 Å². The smallest absolute Gasteiger partial charge is 0.358 e. The summed E-state index contributed by atoms with van der Waals surface area (Å²) >= 11 is 0. The molecule has 4 heteroatoms. The number of aromatic carboxylic acids is 1. The molecule has 0 aromatic carbocycles. The zero-order valence-corrected chi connectivity index (χ0v) is 10.6. The molecule has 0 saturated carbocycles. The molecule has 1 N–H and O–H groups in total. The van der Waals surface area contributed by atoms with Crippen LogP contribution in [0.5, 0.6) is 5.75 Å². The van der Waals surface area contributed by atoms with E-state index in [2.05, 4.69) is 18.8 Å². The number of aromatic nitrogens is 1. The van der Waals surface area contributed by atoms with Gasteiger partial charge < -0.3 is 9.84 Å². The van der Waals surface area contributed by atoms with E-state index in [1.54, 1.807) is 19.1 Å². The lowest BCUT2D eigenvalue weighted by molar-refractivity contribution is 0.0684. The first-order valence-corrected chi connectivity index (χ1v) is 5.88. The van der Waals surface area contributed by atoms with Crippen molar-refractivity contribution in [3.05, 3.63) is 23.5 Å². The van der Waals surface area contributed by atoms with Crippen molar-refractivity contribution >= 4 is 5.97 Å². The number of carboxylic acids is 1. The summed E-state index contributed by atoms with van der Waals surface area (Å²) in [6, 6.07) is 3.43. The van der Waals surface area contributed by atoms with Crippen LogP contribution in [0.2, 0.25) is 0 Å².